The molecule has 104 valence electrons. The zero-order chi connectivity index (χ0) is 14.2. The van der Waals surface area contributed by atoms with Gasteiger partial charge in [0.15, 0.2) is 0 Å². The van der Waals surface area contributed by atoms with Gasteiger partial charge in [0.2, 0.25) is 5.91 Å². The van der Waals surface area contributed by atoms with Gasteiger partial charge in [0.25, 0.3) is 0 Å². The number of nitrogen functional groups attached to an aromatic ring is 1. The molecule has 2 rings (SSSR count). The zero-order valence-electron chi connectivity index (χ0n) is 11.9. The normalized spacial score (nSPS) is 17.7. The van der Waals surface area contributed by atoms with E-state index in [0.29, 0.717) is 6.54 Å². The van der Waals surface area contributed by atoms with Crippen molar-refractivity contribution in [1.29, 1.82) is 0 Å². The van der Waals surface area contributed by atoms with E-state index in [2.05, 4.69) is 4.90 Å². The van der Waals surface area contributed by atoms with E-state index < -0.39 is 4.75 Å². The summed E-state index contributed by atoms with van der Waals surface area (Å²) in [6, 6.07) is 5.75. The number of anilines is 2. The van der Waals surface area contributed by atoms with Crippen LogP contribution in [-0.4, -0.2) is 42.7 Å². The Bertz CT molecular complexity index is 499. The molecule has 0 radical (unpaired) electrons. The van der Waals surface area contributed by atoms with Crippen LogP contribution in [0.4, 0.5) is 11.4 Å². The molecule has 1 aromatic rings. The fraction of sp³-hybridized carbons (Fsp3) is 0.500. The summed E-state index contributed by atoms with van der Waals surface area (Å²) >= 11 is 1.59. The van der Waals surface area contributed by atoms with E-state index >= 15 is 0 Å². The predicted octanol–water partition coefficient (Wildman–Crippen LogP) is 2.05. The molecule has 0 aromatic heterocycles. The van der Waals surface area contributed by atoms with Crippen molar-refractivity contribution in [3.05, 3.63) is 18.2 Å². The molecule has 1 aliphatic heterocycles. The maximum atomic E-state index is 12.6. The van der Waals surface area contributed by atoms with Gasteiger partial charge in [-0.25, -0.2) is 0 Å². The number of nitrogens with zero attached hydrogens (tertiary/aromatic N) is 2. The second-order valence-corrected chi connectivity index (χ2v) is 7.26. The van der Waals surface area contributed by atoms with E-state index in [9.17, 15) is 4.79 Å². The van der Waals surface area contributed by atoms with Crippen LogP contribution < -0.4 is 10.6 Å². The van der Waals surface area contributed by atoms with Crippen molar-refractivity contribution in [2.45, 2.75) is 23.5 Å². The Hall–Kier alpha value is -1.20. The molecule has 0 atom stereocenters. The fourth-order valence-corrected chi connectivity index (χ4v) is 3.34. The second-order valence-electron chi connectivity index (χ2n) is 5.60. The van der Waals surface area contributed by atoms with Gasteiger partial charge in [-0.05, 0) is 46.1 Å². The van der Waals surface area contributed by atoms with Crippen molar-refractivity contribution < 1.29 is 4.79 Å². The fourth-order valence-electron chi connectivity index (χ4n) is 2.11. The van der Waals surface area contributed by atoms with Crippen molar-refractivity contribution in [3.63, 3.8) is 0 Å². The molecule has 1 heterocycles. The SMILES string of the molecule is CN(C)CCN1C(=O)C(C)(C)Sc2cc(N)ccc21. The van der Waals surface area contributed by atoms with Crippen LogP contribution in [0.15, 0.2) is 23.1 Å². The number of nitrogens with two attached hydrogens (primary N) is 1. The van der Waals surface area contributed by atoms with Crippen LogP contribution >= 0.6 is 11.8 Å². The number of thioether (sulfide) groups is 1. The summed E-state index contributed by atoms with van der Waals surface area (Å²) in [6.07, 6.45) is 0. The lowest BCUT2D eigenvalue weighted by Gasteiger charge is -2.38. The maximum absolute atomic E-state index is 12.6. The molecule has 0 fully saturated rings. The number of hydrogen-bond donors (Lipinski definition) is 1. The molecule has 0 bridgehead atoms. The molecule has 1 amide bonds. The monoisotopic (exact) mass is 279 g/mol. The van der Waals surface area contributed by atoms with Gasteiger partial charge in [0.1, 0.15) is 0 Å². The molecule has 4 nitrogen and oxygen atoms in total. The smallest absolute Gasteiger partial charge is 0.243 e. The number of fused-ring (bicyclic) bond motifs is 1. The van der Waals surface area contributed by atoms with Gasteiger partial charge < -0.3 is 15.5 Å². The van der Waals surface area contributed by atoms with Gasteiger partial charge in [-0.2, -0.15) is 0 Å². The Morgan fingerprint density at radius 3 is 2.68 bits per heavy atom. The number of benzene rings is 1. The molecule has 19 heavy (non-hydrogen) atoms. The van der Waals surface area contributed by atoms with Crippen LogP contribution in [0.25, 0.3) is 0 Å². The molecule has 0 spiro atoms. The van der Waals surface area contributed by atoms with Crippen LogP contribution in [0.2, 0.25) is 0 Å². The summed E-state index contributed by atoms with van der Waals surface area (Å²) < 4.78 is -0.437. The first kappa shape index (κ1) is 14.2. The van der Waals surface area contributed by atoms with E-state index in [1.165, 1.54) is 0 Å². The summed E-state index contributed by atoms with van der Waals surface area (Å²) in [5.41, 5.74) is 7.56. The van der Waals surface area contributed by atoms with Gasteiger partial charge in [-0.15, -0.1) is 11.8 Å². The Morgan fingerprint density at radius 2 is 2.05 bits per heavy atom. The summed E-state index contributed by atoms with van der Waals surface area (Å²) in [7, 11) is 4.02. The largest absolute Gasteiger partial charge is 0.399 e. The van der Waals surface area contributed by atoms with Gasteiger partial charge in [0, 0.05) is 23.7 Å². The van der Waals surface area contributed by atoms with Crippen LogP contribution in [0.3, 0.4) is 0 Å². The van der Waals surface area contributed by atoms with Crippen molar-refractivity contribution >= 4 is 29.0 Å². The number of likely N-dealkylation sites (N-methyl/N-ethyl adjacent to an activating group) is 1. The lowest BCUT2D eigenvalue weighted by Crippen LogP contribution is -2.48. The second kappa shape index (κ2) is 5.06. The Morgan fingerprint density at radius 1 is 1.37 bits per heavy atom. The van der Waals surface area contributed by atoms with Crippen LogP contribution in [0, 0.1) is 0 Å². The first-order valence-corrected chi connectivity index (χ1v) is 7.18. The first-order valence-electron chi connectivity index (χ1n) is 6.36. The molecular formula is C14H21N3OS. The predicted molar refractivity (Wildman–Crippen MR) is 81.7 cm³/mol. The van der Waals surface area contributed by atoms with Crippen molar-refractivity contribution in [2.24, 2.45) is 0 Å². The number of rotatable bonds is 3. The number of carbonyl (C=O) groups excluding carboxylic acids is 1. The zero-order valence-corrected chi connectivity index (χ0v) is 12.8. The number of amides is 1. The minimum Gasteiger partial charge on any atom is -0.399 e. The van der Waals surface area contributed by atoms with Gasteiger partial charge >= 0.3 is 0 Å². The standard InChI is InChI=1S/C14H21N3OS/c1-14(2)13(18)17(8-7-16(3)4)11-6-5-10(15)9-12(11)19-14/h5-6,9H,7-8,15H2,1-4H3. The van der Waals surface area contributed by atoms with Gasteiger partial charge in [0.05, 0.1) is 10.4 Å². The van der Waals surface area contributed by atoms with Crippen molar-refractivity contribution in [3.8, 4) is 0 Å². The summed E-state index contributed by atoms with van der Waals surface area (Å²) in [5.74, 6) is 0.164. The third-order valence-corrected chi connectivity index (χ3v) is 4.40. The molecule has 1 aromatic carbocycles. The third kappa shape index (κ3) is 2.87. The highest BCUT2D eigenvalue weighted by Crippen LogP contribution is 2.45. The van der Waals surface area contributed by atoms with Crippen LogP contribution in [0.1, 0.15) is 13.8 Å². The lowest BCUT2D eigenvalue weighted by atomic mass is 10.1. The highest BCUT2D eigenvalue weighted by atomic mass is 32.2. The van der Waals surface area contributed by atoms with E-state index in [1.54, 1.807) is 11.8 Å². The lowest BCUT2D eigenvalue weighted by molar-refractivity contribution is -0.120. The van der Waals surface area contributed by atoms with E-state index in [-0.39, 0.29) is 5.91 Å². The Labute approximate surface area is 118 Å². The summed E-state index contributed by atoms with van der Waals surface area (Å²) in [4.78, 5) is 17.6. The quantitative estimate of drug-likeness (QED) is 0.860. The molecule has 0 saturated heterocycles. The minimum absolute atomic E-state index is 0.164. The van der Waals surface area contributed by atoms with E-state index in [4.69, 9.17) is 5.73 Å². The molecule has 5 heteroatoms. The third-order valence-electron chi connectivity index (χ3n) is 3.17. The molecule has 0 saturated carbocycles. The van der Waals surface area contributed by atoms with Crippen molar-refractivity contribution in [2.75, 3.05) is 37.8 Å². The highest BCUT2D eigenvalue weighted by molar-refractivity contribution is 8.01. The van der Waals surface area contributed by atoms with E-state index in [1.807, 2.05) is 51.0 Å². The maximum Gasteiger partial charge on any atom is 0.243 e. The molecule has 2 N–H and O–H groups in total. The van der Waals surface area contributed by atoms with Gasteiger partial charge in [-0.3, -0.25) is 4.79 Å². The first-order chi connectivity index (χ1) is 8.81. The topological polar surface area (TPSA) is 49.6 Å². The average Bonchev–Trinajstić information content (AvgIpc) is 2.29. The minimum atomic E-state index is -0.437. The van der Waals surface area contributed by atoms with Gasteiger partial charge in [-0.1, -0.05) is 0 Å². The average molecular weight is 279 g/mol. The molecule has 0 aliphatic carbocycles. The molecular weight excluding hydrogens is 258 g/mol. The molecule has 0 unspecified atom stereocenters. The van der Waals surface area contributed by atoms with E-state index in [0.717, 1.165) is 22.8 Å². The number of carbonyl (C=O) groups is 1. The number of hydrogen-bond acceptors (Lipinski definition) is 4. The molecule has 1 aliphatic rings. The summed E-state index contributed by atoms with van der Waals surface area (Å²) in [5, 5.41) is 0. The Kier molecular flexibility index (Phi) is 3.78. The summed E-state index contributed by atoms with van der Waals surface area (Å²) in [6.45, 7) is 5.48. The van der Waals surface area contributed by atoms with Crippen molar-refractivity contribution in [1.82, 2.24) is 4.90 Å². The van der Waals surface area contributed by atoms with Crippen LogP contribution in [0.5, 0.6) is 0 Å². The highest BCUT2D eigenvalue weighted by Gasteiger charge is 2.39. The van der Waals surface area contributed by atoms with Crippen LogP contribution in [-0.2, 0) is 4.79 Å². The Balaban J connectivity index is 2.38.